The molecule has 0 bridgehead atoms. The smallest absolute Gasteiger partial charge is 0.0726 e. The number of fused-ring (bicyclic) bond motifs is 15. The Hall–Kier alpha value is -5.57. The number of anilines is 3. The van der Waals surface area contributed by atoms with E-state index in [2.05, 4.69) is 181 Å². The fourth-order valence-corrected chi connectivity index (χ4v) is 10.7. The second-order valence-corrected chi connectivity index (χ2v) is 14.7. The van der Waals surface area contributed by atoms with Gasteiger partial charge in [0, 0.05) is 27.4 Å². The molecule has 11 rings (SSSR count). The minimum atomic E-state index is -0.418. The summed E-state index contributed by atoms with van der Waals surface area (Å²) >= 11 is 2.00. The van der Waals surface area contributed by atoms with Crippen molar-refractivity contribution in [2.24, 2.45) is 0 Å². The van der Waals surface area contributed by atoms with Crippen LogP contribution in [0, 0.1) is 0 Å². The number of thioether (sulfide) groups is 1. The number of benzene rings is 7. The van der Waals surface area contributed by atoms with Crippen LogP contribution in [0.4, 0.5) is 17.1 Å². The topological polar surface area (TPSA) is 3.24 Å². The van der Waals surface area contributed by atoms with E-state index in [-0.39, 0.29) is 0 Å². The van der Waals surface area contributed by atoms with Gasteiger partial charge in [0.25, 0.3) is 0 Å². The SMILES string of the molecule is C1=CC2Sc3c(cccc3N(c3ccccc3)c3ccc4c(c3)C3(c5ccccc5-4)c4ccccc4-c4c3ccc3ccccc43)C2C=C1. The fraction of sp³-hybridized carbons (Fsp3) is 0.0638. The van der Waals surface area contributed by atoms with Gasteiger partial charge in [0.1, 0.15) is 0 Å². The molecule has 3 aliphatic carbocycles. The molecule has 2 heteroatoms. The van der Waals surface area contributed by atoms with E-state index in [0.717, 1.165) is 0 Å². The zero-order valence-electron chi connectivity index (χ0n) is 26.8. The van der Waals surface area contributed by atoms with E-state index < -0.39 is 5.41 Å². The monoisotopic (exact) mass is 641 g/mol. The first kappa shape index (κ1) is 27.4. The van der Waals surface area contributed by atoms with Crippen molar-refractivity contribution in [2.75, 3.05) is 4.90 Å². The molecule has 0 saturated heterocycles. The number of nitrogens with zero attached hydrogens (tertiary/aromatic N) is 1. The van der Waals surface area contributed by atoms with Crippen LogP contribution in [0.25, 0.3) is 33.0 Å². The Labute approximate surface area is 290 Å². The Kier molecular flexibility index (Phi) is 5.71. The molecule has 0 N–H and O–H groups in total. The normalized spacial score (nSPS) is 20.1. The van der Waals surface area contributed by atoms with Gasteiger partial charge in [-0.05, 0) is 91.2 Å². The molecular weight excluding hydrogens is 611 g/mol. The van der Waals surface area contributed by atoms with E-state index in [9.17, 15) is 0 Å². The maximum Gasteiger partial charge on any atom is 0.0726 e. The third kappa shape index (κ3) is 3.62. The molecule has 7 aromatic rings. The summed E-state index contributed by atoms with van der Waals surface area (Å²) in [6.07, 6.45) is 9.14. The molecule has 4 aliphatic rings. The molecule has 0 radical (unpaired) electrons. The lowest BCUT2D eigenvalue weighted by molar-refractivity contribution is 0.794. The van der Waals surface area contributed by atoms with Crippen molar-refractivity contribution in [1.29, 1.82) is 0 Å². The van der Waals surface area contributed by atoms with Crippen molar-refractivity contribution in [1.82, 2.24) is 0 Å². The summed E-state index contributed by atoms with van der Waals surface area (Å²) in [7, 11) is 0. The summed E-state index contributed by atoms with van der Waals surface area (Å²) in [6.45, 7) is 0. The molecule has 1 nitrogen and oxygen atoms in total. The Morgan fingerprint density at radius 3 is 2.14 bits per heavy atom. The van der Waals surface area contributed by atoms with E-state index in [0.29, 0.717) is 11.2 Å². The highest BCUT2D eigenvalue weighted by atomic mass is 32.2. The van der Waals surface area contributed by atoms with E-state index in [1.54, 1.807) is 0 Å². The van der Waals surface area contributed by atoms with Crippen LogP contribution < -0.4 is 4.90 Å². The summed E-state index contributed by atoms with van der Waals surface area (Å²) in [5, 5.41) is 3.03. The molecule has 0 aromatic heterocycles. The molecule has 0 fully saturated rings. The van der Waals surface area contributed by atoms with Crippen LogP contribution >= 0.6 is 11.8 Å². The van der Waals surface area contributed by atoms with Crippen LogP contribution in [0.3, 0.4) is 0 Å². The van der Waals surface area contributed by atoms with E-state index in [1.807, 2.05) is 11.8 Å². The average molecular weight is 642 g/mol. The van der Waals surface area contributed by atoms with Crippen molar-refractivity contribution in [3.63, 3.8) is 0 Å². The summed E-state index contributed by atoms with van der Waals surface area (Å²) in [5.41, 5.74) is 15.4. The first-order chi connectivity index (χ1) is 24.3. The van der Waals surface area contributed by atoms with Gasteiger partial charge in [0.05, 0.1) is 11.1 Å². The second kappa shape index (κ2) is 10.2. The maximum absolute atomic E-state index is 2.51. The lowest BCUT2D eigenvalue weighted by Gasteiger charge is -2.32. The predicted molar refractivity (Wildman–Crippen MR) is 206 cm³/mol. The number of para-hydroxylation sites is 1. The van der Waals surface area contributed by atoms with Crippen molar-refractivity contribution < 1.29 is 0 Å². The molecule has 3 atom stereocenters. The maximum atomic E-state index is 2.51. The standard InChI is InChI=1S/C47H31NS/c1-2-14-31(15-3-1)48(43-23-12-20-37-36-18-8-11-24-44(36)49-46(37)43)32-26-27-35-34-17-6-9-21-39(34)47(42(35)29-32)40-22-10-7-19-38(40)45-33-16-5-4-13-30(33)25-28-41(45)47/h1-29,36,44H. The Balaban J connectivity index is 1.20. The molecule has 230 valence electrons. The predicted octanol–water partition coefficient (Wildman–Crippen LogP) is 12.3. The fourth-order valence-electron chi connectivity index (χ4n) is 9.26. The van der Waals surface area contributed by atoms with Crippen molar-refractivity contribution in [3.05, 3.63) is 204 Å². The lowest BCUT2D eigenvalue weighted by atomic mass is 9.70. The highest BCUT2D eigenvalue weighted by Gasteiger charge is 2.52. The molecule has 1 spiro atoms. The van der Waals surface area contributed by atoms with Crippen LogP contribution in [0.2, 0.25) is 0 Å². The highest BCUT2D eigenvalue weighted by molar-refractivity contribution is 8.00. The quantitative estimate of drug-likeness (QED) is 0.189. The molecule has 1 aliphatic heterocycles. The van der Waals surface area contributed by atoms with Gasteiger partial charge >= 0.3 is 0 Å². The molecule has 3 unspecified atom stereocenters. The molecule has 1 heterocycles. The van der Waals surface area contributed by atoms with Gasteiger partial charge in [-0.15, -0.1) is 11.8 Å². The highest BCUT2D eigenvalue weighted by Crippen LogP contribution is 2.64. The first-order valence-corrected chi connectivity index (χ1v) is 18.1. The number of hydrogen-bond acceptors (Lipinski definition) is 2. The summed E-state index contributed by atoms with van der Waals surface area (Å²) < 4.78 is 0. The van der Waals surface area contributed by atoms with Gasteiger partial charge in [-0.2, -0.15) is 0 Å². The third-order valence-electron chi connectivity index (χ3n) is 11.2. The Bertz CT molecular complexity index is 2560. The molecular formula is C47H31NS. The Morgan fingerprint density at radius 1 is 0.510 bits per heavy atom. The minimum absolute atomic E-state index is 0.404. The molecule has 49 heavy (non-hydrogen) atoms. The van der Waals surface area contributed by atoms with Crippen LogP contribution in [0.15, 0.2) is 181 Å². The van der Waals surface area contributed by atoms with Gasteiger partial charge in [-0.25, -0.2) is 0 Å². The largest absolute Gasteiger partial charge is 0.309 e. The van der Waals surface area contributed by atoms with Gasteiger partial charge < -0.3 is 4.90 Å². The zero-order chi connectivity index (χ0) is 32.1. The van der Waals surface area contributed by atoms with Crippen molar-refractivity contribution >= 4 is 39.6 Å². The van der Waals surface area contributed by atoms with Crippen LogP contribution in [-0.4, -0.2) is 5.25 Å². The van der Waals surface area contributed by atoms with Crippen LogP contribution in [-0.2, 0) is 5.41 Å². The average Bonchev–Trinajstić information content (AvgIpc) is 3.80. The number of allylic oxidation sites excluding steroid dienone is 3. The summed E-state index contributed by atoms with van der Waals surface area (Å²) in [5.74, 6) is 0.404. The second-order valence-electron chi connectivity index (χ2n) is 13.5. The van der Waals surface area contributed by atoms with Crippen molar-refractivity contribution in [3.8, 4) is 22.3 Å². The van der Waals surface area contributed by atoms with Crippen LogP contribution in [0.1, 0.15) is 33.7 Å². The molecule has 0 saturated carbocycles. The summed E-state index contributed by atoms with van der Waals surface area (Å²) in [4.78, 5) is 3.87. The van der Waals surface area contributed by atoms with Gasteiger partial charge in [0.2, 0.25) is 0 Å². The summed E-state index contributed by atoms with van der Waals surface area (Å²) in [6, 6.07) is 56.9. The van der Waals surface area contributed by atoms with Crippen LogP contribution in [0.5, 0.6) is 0 Å². The molecule has 7 aromatic carbocycles. The number of hydrogen-bond donors (Lipinski definition) is 0. The van der Waals surface area contributed by atoms with E-state index >= 15 is 0 Å². The third-order valence-corrected chi connectivity index (χ3v) is 12.6. The van der Waals surface area contributed by atoms with Crippen molar-refractivity contribution in [2.45, 2.75) is 21.5 Å². The lowest BCUT2D eigenvalue weighted by Crippen LogP contribution is -2.26. The Morgan fingerprint density at radius 2 is 1.24 bits per heavy atom. The van der Waals surface area contributed by atoms with E-state index in [4.69, 9.17) is 0 Å². The van der Waals surface area contributed by atoms with Gasteiger partial charge in [0.15, 0.2) is 0 Å². The van der Waals surface area contributed by atoms with E-state index in [1.165, 1.54) is 82.8 Å². The number of rotatable bonds is 3. The first-order valence-electron chi connectivity index (χ1n) is 17.2. The zero-order valence-corrected chi connectivity index (χ0v) is 27.6. The van der Waals surface area contributed by atoms with Gasteiger partial charge in [-0.3, -0.25) is 0 Å². The van der Waals surface area contributed by atoms with Gasteiger partial charge in [-0.1, -0.05) is 146 Å². The molecule has 0 amide bonds. The minimum Gasteiger partial charge on any atom is -0.309 e.